The van der Waals surface area contributed by atoms with Crippen LogP contribution in [0.5, 0.6) is 11.5 Å². The molecule has 3 nitrogen and oxygen atoms in total. The van der Waals surface area contributed by atoms with Crippen molar-refractivity contribution in [2.75, 3.05) is 7.11 Å². The van der Waals surface area contributed by atoms with Crippen LogP contribution in [0, 0.1) is 6.92 Å². The summed E-state index contributed by atoms with van der Waals surface area (Å²) in [6.07, 6.45) is 0.149. The average molecular weight is 285 g/mol. The zero-order valence-corrected chi connectivity index (χ0v) is 13.1. The van der Waals surface area contributed by atoms with E-state index < -0.39 is 0 Å². The fourth-order valence-electron chi connectivity index (χ4n) is 2.28. The van der Waals surface area contributed by atoms with Crippen molar-refractivity contribution < 1.29 is 9.47 Å². The van der Waals surface area contributed by atoms with Crippen LogP contribution in [0.4, 0.5) is 0 Å². The molecule has 112 valence electrons. The third-order valence-electron chi connectivity index (χ3n) is 3.38. The number of nitrogens with two attached hydrogens (primary N) is 1. The number of benzene rings is 2. The Labute approximate surface area is 126 Å². The van der Waals surface area contributed by atoms with Crippen LogP contribution < -0.4 is 15.2 Å². The Balaban J connectivity index is 2.29. The van der Waals surface area contributed by atoms with Gasteiger partial charge in [0.15, 0.2) is 0 Å². The van der Waals surface area contributed by atoms with Crippen LogP contribution in [0.1, 0.15) is 36.6 Å². The van der Waals surface area contributed by atoms with Crippen LogP contribution in [0.15, 0.2) is 42.5 Å². The second-order valence-electron chi connectivity index (χ2n) is 5.45. The molecule has 0 saturated carbocycles. The van der Waals surface area contributed by atoms with E-state index in [9.17, 15) is 0 Å². The molecule has 0 saturated heterocycles. The van der Waals surface area contributed by atoms with Gasteiger partial charge in [0.05, 0.1) is 19.3 Å². The van der Waals surface area contributed by atoms with E-state index in [1.54, 1.807) is 7.11 Å². The Morgan fingerprint density at radius 3 is 2.38 bits per heavy atom. The minimum Gasteiger partial charge on any atom is -0.496 e. The van der Waals surface area contributed by atoms with E-state index in [-0.39, 0.29) is 12.1 Å². The van der Waals surface area contributed by atoms with Crippen molar-refractivity contribution in [2.45, 2.75) is 32.9 Å². The predicted molar refractivity (Wildman–Crippen MR) is 86.0 cm³/mol. The van der Waals surface area contributed by atoms with Crippen LogP contribution in [-0.2, 0) is 0 Å². The molecule has 0 spiro atoms. The molecule has 2 rings (SSSR count). The number of aryl methyl sites for hydroxylation is 1. The Hall–Kier alpha value is -2.00. The van der Waals surface area contributed by atoms with Crippen LogP contribution >= 0.6 is 0 Å². The lowest BCUT2D eigenvalue weighted by molar-refractivity contribution is 0.242. The van der Waals surface area contributed by atoms with Gasteiger partial charge in [0, 0.05) is 0 Å². The fourth-order valence-corrected chi connectivity index (χ4v) is 2.28. The van der Waals surface area contributed by atoms with E-state index in [4.69, 9.17) is 15.2 Å². The molecule has 0 heterocycles. The van der Waals surface area contributed by atoms with Gasteiger partial charge in [-0.1, -0.05) is 24.3 Å². The third kappa shape index (κ3) is 3.76. The van der Waals surface area contributed by atoms with Crippen molar-refractivity contribution in [1.82, 2.24) is 0 Å². The van der Waals surface area contributed by atoms with Gasteiger partial charge in [0.1, 0.15) is 11.5 Å². The van der Waals surface area contributed by atoms with Gasteiger partial charge in [-0.2, -0.15) is 0 Å². The molecular formula is C18H23NO2. The summed E-state index contributed by atoms with van der Waals surface area (Å²) in [4.78, 5) is 0. The summed E-state index contributed by atoms with van der Waals surface area (Å²) in [6, 6.07) is 13.8. The summed E-state index contributed by atoms with van der Waals surface area (Å²) in [7, 11) is 1.68. The molecule has 0 amide bonds. The zero-order chi connectivity index (χ0) is 15.4. The third-order valence-corrected chi connectivity index (χ3v) is 3.38. The number of rotatable bonds is 5. The normalized spacial score (nSPS) is 12.3. The smallest absolute Gasteiger partial charge is 0.122 e. The summed E-state index contributed by atoms with van der Waals surface area (Å²) in [6.45, 7) is 6.04. The van der Waals surface area contributed by atoms with Gasteiger partial charge in [0.25, 0.3) is 0 Å². The van der Waals surface area contributed by atoms with Gasteiger partial charge in [-0.25, -0.2) is 0 Å². The number of methoxy groups -OCH3 is 1. The number of hydrogen-bond acceptors (Lipinski definition) is 3. The van der Waals surface area contributed by atoms with Crippen LogP contribution in [-0.4, -0.2) is 13.2 Å². The molecule has 0 fully saturated rings. The standard InChI is InChI=1S/C18H23NO2/c1-12(2)21-16-7-5-6-14(10-16)18(19)15-9-8-13(3)17(11-15)20-4/h5-12,18H,19H2,1-4H3. The highest BCUT2D eigenvalue weighted by atomic mass is 16.5. The molecule has 2 aromatic rings. The lowest BCUT2D eigenvalue weighted by Gasteiger charge is -2.17. The molecule has 0 radical (unpaired) electrons. The van der Waals surface area contributed by atoms with E-state index >= 15 is 0 Å². The molecule has 0 aliphatic heterocycles. The Morgan fingerprint density at radius 2 is 1.71 bits per heavy atom. The molecular weight excluding hydrogens is 262 g/mol. The first kappa shape index (κ1) is 15.4. The molecule has 0 aliphatic carbocycles. The van der Waals surface area contributed by atoms with Gasteiger partial charge in [-0.05, 0) is 55.7 Å². The van der Waals surface area contributed by atoms with E-state index in [1.807, 2.05) is 63.2 Å². The first-order valence-electron chi connectivity index (χ1n) is 7.18. The summed E-state index contributed by atoms with van der Waals surface area (Å²) in [5.41, 5.74) is 9.53. The van der Waals surface area contributed by atoms with Crippen molar-refractivity contribution in [3.05, 3.63) is 59.2 Å². The second kappa shape index (κ2) is 6.64. The van der Waals surface area contributed by atoms with Crippen molar-refractivity contribution in [2.24, 2.45) is 5.73 Å². The van der Waals surface area contributed by atoms with Gasteiger partial charge >= 0.3 is 0 Å². The van der Waals surface area contributed by atoms with E-state index in [0.29, 0.717) is 0 Å². The quantitative estimate of drug-likeness (QED) is 0.907. The lowest BCUT2D eigenvalue weighted by Crippen LogP contribution is -2.13. The molecule has 1 atom stereocenters. The zero-order valence-electron chi connectivity index (χ0n) is 13.1. The highest BCUT2D eigenvalue weighted by molar-refractivity contribution is 5.42. The van der Waals surface area contributed by atoms with Crippen molar-refractivity contribution in [3.63, 3.8) is 0 Å². The second-order valence-corrected chi connectivity index (χ2v) is 5.45. The van der Waals surface area contributed by atoms with Crippen molar-refractivity contribution in [1.29, 1.82) is 0 Å². The minimum absolute atomic E-state index is 0.149. The summed E-state index contributed by atoms with van der Waals surface area (Å²) in [5.74, 6) is 1.70. The first-order valence-corrected chi connectivity index (χ1v) is 7.18. The van der Waals surface area contributed by atoms with Crippen LogP contribution in [0.2, 0.25) is 0 Å². The maximum absolute atomic E-state index is 6.38. The Bertz CT molecular complexity index is 608. The van der Waals surface area contributed by atoms with Gasteiger partial charge in [-0.15, -0.1) is 0 Å². The highest BCUT2D eigenvalue weighted by Gasteiger charge is 2.12. The van der Waals surface area contributed by atoms with Crippen LogP contribution in [0.3, 0.4) is 0 Å². The van der Waals surface area contributed by atoms with E-state index in [0.717, 1.165) is 28.2 Å². The average Bonchev–Trinajstić information content (AvgIpc) is 2.46. The van der Waals surface area contributed by atoms with Crippen molar-refractivity contribution >= 4 is 0 Å². The number of ether oxygens (including phenoxy) is 2. The largest absolute Gasteiger partial charge is 0.496 e. The number of hydrogen-bond donors (Lipinski definition) is 1. The molecule has 21 heavy (non-hydrogen) atoms. The highest BCUT2D eigenvalue weighted by Crippen LogP contribution is 2.27. The van der Waals surface area contributed by atoms with E-state index in [2.05, 4.69) is 0 Å². The monoisotopic (exact) mass is 285 g/mol. The molecule has 0 aromatic heterocycles. The van der Waals surface area contributed by atoms with Gasteiger partial charge in [-0.3, -0.25) is 0 Å². The predicted octanol–water partition coefficient (Wildman–Crippen LogP) is 3.84. The fraction of sp³-hybridized carbons (Fsp3) is 0.333. The molecule has 3 heteroatoms. The first-order chi connectivity index (χ1) is 10.0. The summed E-state index contributed by atoms with van der Waals surface area (Å²) < 4.78 is 11.1. The Morgan fingerprint density at radius 1 is 1.00 bits per heavy atom. The summed E-state index contributed by atoms with van der Waals surface area (Å²) in [5, 5.41) is 0. The lowest BCUT2D eigenvalue weighted by atomic mass is 9.98. The SMILES string of the molecule is COc1cc(C(N)c2cccc(OC(C)C)c2)ccc1C. The minimum atomic E-state index is -0.199. The topological polar surface area (TPSA) is 44.5 Å². The van der Waals surface area contributed by atoms with Crippen molar-refractivity contribution in [3.8, 4) is 11.5 Å². The molecule has 0 bridgehead atoms. The molecule has 2 N–H and O–H groups in total. The maximum atomic E-state index is 6.38. The van der Waals surface area contributed by atoms with Gasteiger partial charge < -0.3 is 15.2 Å². The molecule has 2 aromatic carbocycles. The summed E-state index contributed by atoms with van der Waals surface area (Å²) >= 11 is 0. The molecule has 1 unspecified atom stereocenters. The van der Waals surface area contributed by atoms with E-state index in [1.165, 1.54) is 0 Å². The van der Waals surface area contributed by atoms with Gasteiger partial charge in [0.2, 0.25) is 0 Å². The maximum Gasteiger partial charge on any atom is 0.122 e. The Kier molecular flexibility index (Phi) is 4.86. The van der Waals surface area contributed by atoms with Crippen LogP contribution in [0.25, 0.3) is 0 Å². The molecule has 0 aliphatic rings.